The molecule has 0 aromatic carbocycles. The van der Waals surface area contributed by atoms with E-state index in [9.17, 15) is 0 Å². The van der Waals surface area contributed by atoms with Crippen LogP contribution in [0.3, 0.4) is 0 Å². The number of aryl methyl sites for hydroxylation is 1. The van der Waals surface area contributed by atoms with Crippen molar-refractivity contribution in [2.75, 3.05) is 18.9 Å². The van der Waals surface area contributed by atoms with Gasteiger partial charge in [0.2, 0.25) is 0 Å². The second-order valence-electron chi connectivity index (χ2n) is 3.89. The lowest BCUT2D eigenvalue weighted by atomic mass is 9.98. The first-order chi connectivity index (χ1) is 7.27. The van der Waals surface area contributed by atoms with E-state index in [1.807, 2.05) is 11.6 Å². The average molecular weight is 204 g/mol. The number of hydrogen-bond acceptors (Lipinski definition) is 4. The Morgan fingerprint density at radius 3 is 2.93 bits per heavy atom. The molecule has 1 saturated heterocycles. The molecule has 2 aromatic rings. The van der Waals surface area contributed by atoms with Crippen LogP contribution in [0, 0.1) is 0 Å². The number of hydrogen-bond donors (Lipinski definition) is 1. The predicted octanol–water partition coefficient (Wildman–Crippen LogP) is 0.664. The molecule has 1 aliphatic rings. The van der Waals surface area contributed by atoms with Crippen LogP contribution in [0.2, 0.25) is 0 Å². The third-order valence-corrected chi connectivity index (χ3v) is 2.89. The molecule has 2 N–H and O–H groups in total. The van der Waals surface area contributed by atoms with Gasteiger partial charge in [-0.15, -0.1) is 0 Å². The van der Waals surface area contributed by atoms with Crippen molar-refractivity contribution in [1.82, 2.24) is 14.5 Å². The quantitative estimate of drug-likeness (QED) is 0.741. The summed E-state index contributed by atoms with van der Waals surface area (Å²) in [5.74, 6) is 1.00. The van der Waals surface area contributed by atoms with Crippen molar-refractivity contribution in [2.45, 2.75) is 5.92 Å². The molecule has 0 radical (unpaired) electrons. The van der Waals surface area contributed by atoms with Crippen LogP contribution in [0.4, 0.5) is 5.82 Å². The fourth-order valence-electron chi connectivity index (χ4n) is 1.99. The van der Waals surface area contributed by atoms with Crippen LogP contribution < -0.4 is 5.73 Å². The van der Waals surface area contributed by atoms with Gasteiger partial charge in [0.05, 0.1) is 18.6 Å². The molecule has 1 fully saturated rings. The van der Waals surface area contributed by atoms with Crippen LogP contribution in [0.5, 0.6) is 0 Å². The molecule has 2 aromatic heterocycles. The standard InChI is InChI=1S/C10H12N4O/c1-14-2-7(6-3-15-4-6)8-9(11)12-5-13-10(8)14/h2,5-6H,3-4H2,1H3,(H2,11,12,13). The van der Waals surface area contributed by atoms with Crippen molar-refractivity contribution in [3.63, 3.8) is 0 Å². The lowest BCUT2D eigenvalue weighted by molar-refractivity contribution is 0.00896. The smallest absolute Gasteiger partial charge is 0.145 e. The third kappa shape index (κ3) is 1.13. The lowest BCUT2D eigenvalue weighted by Crippen LogP contribution is -2.25. The van der Waals surface area contributed by atoms with E-state index in [2.05, 4.69) is 16.2 Å². The summed E-state index contributed by atoms with van der Waals surface area (Å²) in [4.78, 5) is 8.27. The average Bonchev–Trinajstić information content (AvgIpc) is 2.43. The molecule has 5 heteroatoms. The molecule has 3 rings (SSSR count). The van der Waals surface area contributed by atoms with Gasteiger partial charge in [-0.05, 0) is 5.56 Å². The molecule has 78 valence electrons. The highest BCUT2D eigenvalue weighted by Gasteiger charge is 2.25. The van der Waals surface area contributed by atoms with Gasteiger partial charge in [-0.1, -0.05) is 0 Å². The minimum atomic E-state index is 0.446. The van der Waals surface area contributed by atoms with Crippen molar-refractivity contribution in [1.29, 1.82) is 0 Å². The zero-order valence-electron chi connectivity index (χ0n) is 8.47. The molecule has 0 unspecified atom stereocenters. The van der Waals surface area contributed by atoms with Crippen molar-refractivity contribution < 1.29 is 4.74 Å². The summed E-state index contributed by atoms with van der Waals surface area (Å²) in [7, 11) is 1.97. The number of ether oxygens (including phenoxy) is 1. The molecule has 1 aliphatic heterocycles. The van der Waals surface area contributed by atoms with Gasteiger partial charge in [0.1, 0.15) is 17.8 Å². The second-order valence-corrected chi connectivity index (χ2v) is 3.89. The van der Waals surface area contributed by atoms with E-state index in [4.69, 9.17) is 10.5 Å². The maximum atomic E-state index is 5.88. The first-order valence-corrected chi connectivity index (χ1v) is 4.90. The zero-order chi connectivity index (χ0) is 10.4. The lowest BCUT2D eigenvalue weighted by Gasteiger charge is -2.25. The maximum Gasteiger partial charge on any atom is 0.145 e. The van der Waals surface area contributed by atoms with Gasteiger partial charge >= 0.3 is 0 Å². The van der Waals surface area contributed by atoms with Gasteiger partial charge in [0, 0.05) is 19.2 Å². The van der Waals surface area contributed by atoms with Gasteiger partial charge in [-0.25, -0.2) is 9.97 Å². The van der Waals surface area contributed by atoms with Gasteiger partial charge < -0.3 is 15.0 Å². The summed E-state index contributed by atoms with van der Waals surface area (Å²) in [6, 6.07) is 0. The Kier molecular flexibility index (Phi) is 1.70. The Labute approximate surface area is 86.9 Å². The number of nitrogen functional groups attached to an aromatic ring is 1. The highest BCUT2D eigenvalue weighted by molar-refractivity contribution is 5.90. The third-order valence-electron chi connectivity index (χ3n) is 2.89. The van der Waals surface area contributed by atoms with Gasteiger partial charge in [-0.3, -0.25) is 0 Å². The van der Waals surface area contributed by atoms with Gasteiger partial charge in [0.25, 0.3) is 0 Å². The molecule has 0 saturated carbocycles. The number of anilines is 1. The summed E-state index contributed by atoms with van der Waals surface area (Å²) < 4.78 is 7.18. The summed E-state index contributed by atoms with van der Waals surface area (Å²) in [6.45, 7) is 1.54. The molecule has 0 atom stereocenters. The molecule has 0 aliphatic carbocycles. The van der Waals surface area contributed by atoms with E-state index in [1.165, 1.54) is 11.9 Å². The molecule has 15 heavy (non-hydrogen) atoms. The van der Waals surface area contributed by atoms with Gasteiger partial charge in [0.15, 0.2) is 0 Å². The Hall–Kier alpha value is -1.62. The fourth-order valence-corrected chi connectivity index (χ4v) is 1.99. The van der Waals surface area contributed by atoms with Crippen LogP contribution in [0.25, 0.3) is 11.0 Å². The zero-order valence-corrected chi connectivity index (χ0v) is 8.47. The minimum Gasteiger partial charge on any atom is -0.383 e. The van der Waals surface area contributed by atoms with Crippen LogP contribution >= 0.6 is 0 Å². The van der Waals surface area contributed by atoms with E-state index >= 15 is 0 Å². The molecule has 0 spiro atoms. The van der Waals surface area contributed by atoms with Crippen molar-refractivity contribution in [2.24, 2.45) is 7.05 Å². The molecular formula is C10H12N4O. The first-order valence-electron chi connectivity index (χ1n) is 4.90. The highest BCUT2D eigenvalue weighted by atomic mass is 16.5. The summed E-state index contributed by atoms with van der Waals surface area (Å²) in [5, 5.41) is 0.980. The fraction of sp³-hybridized carbons (Fsp3) is 0.400. The Bertz CT molecular complexity index is 515. The number of nitrogens with two attached hydrogens (primary N) is 1. The van der Waals surface area contributed by atoms with Crippen LogP contribution in [0.15, 0.2) is 12.5 Å². The molecular weight excluding hydrogens is 192 g/mol. The minimum absolute atomic E-state index is 0.446. The Balaban J connectivity index is 2.29. The van der Waals surface area contributed by atoms with Crippen molar-refractivity contribution in [3.05, 3.63) is 18.1 Å². The summed E-state index contributed by atoms with van der Waals surface area (Å²) in [5.41, 5.74) is 7.98. The van der Waals surface area contributed by atoms with E-state index in [0.717, 1.165) is 24.2 Å². The van der Waals surface area contributed by atoms with Crippen LogP contribution in [-0.2, 0) is 11.8 Å². The predicted molar refractivity (Wildman–Crippen MR) is 56.5 cm³/mol. The van der Waals surface area contributed by atoms with E-state index in [1.54, 1.807) is 0 Å². The molecule has 0 amide bonds. The molecule has 5 nitrogen and oxygen atoms in total. The number of aromatic nitrogens is 3. The first kappa shape index (κ1) is 8.67. The van der Waals surface area contributed by atoms with Crippen molar-refractivity contribution >= 4 is 16.9 Å². The van der Waals surface area contributed by atoms with E-state index in [0.29, 0.717) is 11.7 Å². The Morgan fingerprint density at radius 1 is 1.47 bits per heavy atom. The van der Waals surface area contributed by atoms with Gasteiger partial charge in [-0.2, -0.15) is 0 Å². The molecule has 3 heterocycles. The highest BCUT2D eigenvalue weighted by Crippen LogP contribution is 2.33. The van der Waals surface area contributed by atoms with Crippen LogP contribution in [-0.4, -0.2) is 27.7 Å². The monoisotopic (exact) mass is 204 g/mol. The largest absolute Gasteiger partial charge is 0.383 e. The summed E-state index contributed by atoms with van der Waals surface area (Å²) >= 11 is 0. The SMILES string of the molecule is Cn1cc(C2COC2)c2c(N)ncnc21. The molecule has 0 bridgehead atoms. The second kappa shape index (κ2) is 2.93. The normalized spacial score (nSPS) is 16.9. The number of rotatable bonds is 1. The van der Waals surface area contributed by atoms with Crippen LogP contribution in [0.1, 0.15) is 11.5 Å². The number of nitrogens with zero attached hydrogens (tertiary/aromatic N) is 3. The topological polar surface area (TPSA) is 66.0 Å². The number of fused-ring (bicyclic) bond motifs is 1. The maximum absolute atomic E-state index is 5.88. The summed E-state index contributed by atoms with van der Waals surface area (Å²) in [6.07, 6.45) is 3.57. The van der Waals surface area contributed by atoms with E-state index in [-0.39, 0.29) is 0 Å². The van der Waals surface area contributed by atoms with E-state index < -0.39 is 0 Å². The Morgan fingerprint density at radius 2 is 2.27 bits per heavy atom. The van der Waals surface area contributed by atoms with Crippen molar-refractivity contribution in [3.8, 4) is 0 Å².